The van der Waals surface area contributed by atoms with Crippen molar-refractivity contribution in [1.29, 1.82) is 0 Å². The van der Waals surface area contributed by atoms with Crippen molar-refractivity contribution < 1.29 is 4.74 Å². The Bertz CT molecular complexity index is 452. The molecule has 0 heterocycles. The Hall–Kier alpha value is -1.49. The largest absolute Gasteiger partial charge is 0.497 e. The number of anilines is 1. The van der Waals surface area contributed by atoms with Crippen LogP contribution in [0.2, 0.25) is 0 Å². The van der Waals surface area contributed by atoms with Gasteiger partial charge < -0.3 is 10.1 Å². The summed E-state index contributed by atoms with van der Waals surface area (Å²) in [7, 11) is 1.66. The number of ether oxygens (including phenoxy) is 1. The van der Waals surface area contributed by atoms with E-state index in [1.807, 2.05) is 24.3 Å². The van der Waals surface area contributed by atoms with E-state index >= 15 is 0 Å². The maximum absolute atomic E-state index is 5.33. The number of nitrogens with one attached hydrogen (secondary N) is 3. The van der Waals surface area contributed by atoms with Gasteiger partial charge in [-0.1, -0.05) is 25.8 Å². The van der Waals surface area contributed by atoms with Gasteiger partial charge in [0.15, 0.2) is 5.11 Å². The van der Waals surface area contributed by atoms with Gasteiger partial charge in [-0.25, -0.2) is 0 Å². The van der Waals surface area contributed by atoms with Crippen LogP contribution in [0, 0.1) is 5.92 Å². The smallest absolute Gasteiger partial charge is 0.185 e. The number of hydrazine groups is 1. The lowest BCUT2D eigenvalue weighted by Gasteiger charge is -2.30. The summed E-state index contributed by atoms with van der Waals surface area (Å²) in [6.07, 6.45) is 5.10. The first-order valence-corrected chi connectivity index (χ1v) is 7.56. The van der Waals surface area contributed by atoms with Crippen molar-refractivity contribution in [2.75, 3.05) is 12.5 Å². The highest BCUT2D eigenvalue weighted by atomic mass is 32.1. The maximum Gasteiger partial charge on any atom is 0.185 e. The van der Waals surface area contributed by atoms with Crippen molar-refractivity contribution in [2.45, 2.75) is 38.6 Å². The summed E-state index contributed by atoms with van der Waals surface area (Å²) < 4.78 is 5.18. The van der Waals surface area contributed by atoms with Crippen molar-refractivity contribution in [3.63, 3.8) is 0 Å². The SMILES string of the molecule is COc1cccc(NNC(=S)N[C@@H]2CCCC[C@H]2C)c1. The minimum absolute atomic E-state index is 0.482. The van der Waals surface area contributed by atoms with Crippen LogP contribution in [-0.4, -0.2) is 18.3 Å². The van der Waals surface area contributed by atoms with Gasteiger partial charge in [-0.05, 0) is 43.1 Å². The molecular weight excluding hydrogens is 270 g/mol. The van der Waals surface area contributed by atoms with Crippen molar-refractivity contribution in [3.05, 3.63) is 24.3 Å². The molecule has 110 valence electrons. The molecule has 0 amide bonds. The van der Waals surface area contributed by atoms with E-state index in [0.29, 0.717) is 17.1 Å². The fraction of sp³-hybridized carbons (Fsp3) is 0.533. The van der Waals surface area contributed by atoms with E-state index in [0.717, 1.165) is 11.4 Å². The number of hydrogen-bond donors (Lipinski definition) is 3. The van der Waals surface area contributed by atoms with Crippen LogP contribution >= 0.6 is 12.2 Å². The van der Waals surface area contributed by atoms with Gasteiger partial charge in [0.05, 0.1) is 12.8 Å². The van der Waals surface area contributed by atoms with Crippen LogP contribution in [0.15, 0.2) is 24.3 Å². The van der Waals surface area contributed by atoms with E-state index in [9.17, 15) is 0 Å². The molecule has 0 aromatic heterocycles. The van der Waals surface area contributed by atoms with Crippen LogP contribution in [0.3, 0.4) is 0 Å². The second-order valence-electron chi connectivity index (χ2n) is 5.32. The zero-order chi connectivity index (χ0) is 14.4. The molecule has 1 aromatic carbocycles. The predicted octanol–water partition coefficient (Wildman–Crippen LogP) is 3.06. The third-order valence-electron chi connectivity index (χ3n) is 3.82. The molecule has 1 aliphatic carbocycles. The van der Waals surface area contributed by atoms with Gasteiger partial charge in [-0.2, -0.15) is 0 Å². The van der Waals surface area contributed by atoms with Gasteiger partial charge in [-0.3, -0.25) is 10.9 Å². The van der Waals surface area contributed by atoms with Crippen LogP contribution in [0.1, 0.15) is 32.6 Å². The normalized spacial score (nSPS) is 21.9. The summed E-state index contributed by atoms with van der Waals surface area (Å²) in [6, 6.07) is 8.20. The summed E-state index contributed by atoms with van der Waals surface area (Å²) >= 11 is 5.33. The standard InChI is InChI=1S/C15H23N3OS/c1-11-6-3-4-9-14(11)16-15(20)18-17-12-7-5-8-13(10-12)19-2/h5,7-8,10-11,14,17H,3-4,6,9H2,1-2H3,(H2,16,18,20)/t11-,14-/m1/s1. The Morgan fingerprint density at radius 2 is 2.10 bits per heavy atom. The molecule has 1 aliphatic rings. The van der Waals surface area contributed by atoms with Gasteiger partial charge in [0.1, 0.15) is 5.75 Å². The Balaban J connectivity index is 1.79. The number of methoxy groups -OCH3 is 1. The quantitative estimate of drug-likeness (QED) is 0.588. The summed E-state index contributed by atoms with van der Waals surface area (Å²) in [5.41, 5.74) is 7.04. The van der Waals surface area contributed by atoms with Crippen LogP contribution in [0.4, 0.5) is 5.69 Å². The molecule has 2 rings (SSSR count). The molecule has 1 saturated carbocycles. The molecule has 2 atom stereocenters. The van der Waals surface area contributed by atoms with Crippen molar-refractivity contribution in [1.82, 2.24) is 10.7 Å². The average molecular weight is 293 g/mol. The van der Waals surface area contributed by atoms with E-state index in [1.165, 1.54) is 25.7 Å². The first-order chi connectivity index (χ1) is 9.69. The van der Waals surface area contributed by atoms with Crippen LogP contribution in [0.5, 0.6) is 5.75 Å². The summed E-state index contributed by atoms with van der Waals surface area (Å²) in [5.74, 6) is 1.50. The number of thiocarbonyl (C=S) groups is 1. The zero-order valence-corrected chi connectivity index (χ0v) is 12.9. The molecule has 20 heavy (non-hydrogen) atoms. The zero-order valence-electron chi connectivity index (χ0n) is 12.1. The molecule has 1 fully saturated rings. The molecule has 0 bridgehead atoms. The topological polar surface area (TPSA) is 45.3 Å². The highest BCUT2D eigenvalue weighted by Gasteiger charge is 2.21. The van der Waals surface area contributed by atoms with E-state index in [2.05, 4.69) is 23.1 Å². The van der Waals surface area contributed by atoms with E-state index in [-0.39, 0.29) is 0 Å². The second kappa shape index (κ2) is 7.33. The van der Waals surface area contributed by atoms with Gasteiger partial charge in [0.25, 0.3) is 0 Å². The van der Waals surface area contributed by atoms with Crippen LogP contribution in [0.25, 0.3) is 0 Å². The third-order valence-corrected chi connectivity index (χ3v) is 4.04. The molecule has 1 aromatic rings. The van der Waals surface area contributed by atoms with Gasteiger partial charge in [0.2, 0.25) is 0 Å². The van der Waals surface area contributed by atoms with E-state index in [4.69, 9.17) is 17.0 Å². The lowest BCUT2D eigenvalue weighted by Crippen LogP contribution is -2.47. The molecule has 0 spiro atoms. The second-order valence-corrected chi connectivity index (χ2v) is 5.73. The fourth-order valence-corrected chi connectivity index (χ4v) is 2.77. The average Bonchev–Trinajstić information content (AvgIpc) is 2.48. The highest BCUT2D eigenvalue weighted by Crippen LogP contribution is 2.23. The summed E-state index contributed by atoms with van der Waals surface area (Å²) in [5, 5.41) is 4.04. The number of rotatable bonds is 4. The molecule has 0 radical (unpaired) electrons. The van der Waals surface area contributed by atoms with Crippen LogP contribution in [-0.2, 0) is 0 Å². The molecule has 5 heteroatoms. The fourth-order valence-electron chi connectivity index (χ4n) is 2.56. The highest BCUT2D eigenvalue weighted by molar-refractivity contribution is 7.80. The minimum atomic E-state index is 0.482. The van der Waals surface area contributed by atoms with Crippen molar-refractivity contribution in [2.24, 2.45) is 5.92 Å². The van der Waals surface area contributed by atoms with Crippen LogP contribution < -0.4 is 20.9 Å². The van der Waals surface area contributed by atoms with Gasteiger partial charge in [-0.15, -0.1) is 0 Å². The monoisotopic (exact) mass is 293 g/mol. The van der Waals surface area contributed by atoms with E-state index in [1.54, 1.807) is 7.11 Å². The summed E-state index contributed by atoms with van der Waals surface area (Å²) in [6.45, 7) is 2.29. The number of hydrogen-bond acceptors (Lipinski definition) is 3. The summed E-state index contributed by atoms with van der Waals surface area (Å²) in [4.78, 5) is 0. The maximum atomic E-state index is 5.33. The lowest BCUT2D eigenvalue weighted by molar-refractivity contribution is 0.308. The molecule has 4 nitrogen and oxygen atoms in total. The molecule has 0 unspecified atom stereocenters. The first kappa shape index (κ1) is 14.9. The molecule has 0 aliphatic heterocycles. The lowest BCUT2D eigenvalue weighted by atomic mass is 9.86. The van der Waals surface area contributed by atoms with Crippen molar-refractivity contribution in [3.8, 4) is 5.75 Å². The van der Waals surface area contributed by atoms with E-state index < -0.39 is 0 Å². The molecular formula is C15H23N3OS. The Labute approximate surface area is 126 Å². The Morgan fingerprint density at radius 3 is 2.85 bits per heavy atom. The predicted molar refractivity (Wildman–Crippen MR) is 86.9 cm³/mol. The first-order valence-electron chi connectivity index (χ1n) is 7.15. The molecule has 3 N–H and O–H groups in total. The third kappa shape index (κ3) is 4.27. The minimum Gasteiger partial charge on any atom is -0.497 e. The van der Waals surface area contributed by atoms with Crippen molar-refractivity contribution >= 4 is 23.0 Å². The van der Waals surface area contributed by atoms with Gasteiger partial charge in [0, 0.05) is 12.1 Å². The number of benzene rings is 1. The van der Waals surface area contributed by atoms with Gasteiger partial charge >= 0.3 is 0 Å². The Morgan fingerprint density at radius 1 is 1.30 bits per heavy atom. The molecule has 0 saturated heterocycles. The Kier molecular flexibility index (Phi) is 5.47.